The zero-order chi connectivity index (χ0) is 13.8. The average molecular weight is 280 g/mol. The fraction of sp³-hybridized carbons (Fsp3) is 0.214. The summed E-state index contributed by atoms with van der Waals surface area (Å²) in [6.45, 7) is 2.49. The number of furan rings is 1. The van der Waals surface area contributed by atoms with E-state index < -0.39 is 5.97 Å². The Morgan fingerprint density at radius 3 is 2.58 bits per heavy atom. The quantitative estimate of drug-likeness (QED) is 0.879. The summed E-state index contributed by atoms with van der Waals surface area (Å²) in [5.41, 5.74) is 1.11. The van der Waals surface area contributed by atoms with Crippen molar-refractivity contribution in [1.29, 1.82) is 0 Å². The van der Waals surface area contributed by atoms with Crippen LogP contribution in [0.3, 0.4) is 0 Å². The highest BCUT2D eigenvalue weighted by atomic mass is 35.5. The van der Waals surface area contributed by atoms with Gasteiger partial charge in [0.15, 0.2) is 0 Å². The number of hydrogen-bond acceptors (Lipinski definition) is 3. The maximum Gasteiger partial charge on any atom is 0.371 e. The molecule has 0 spiro atoms. The Morgan fingerprint density at radius 1 is 1.32 bits per heavy atom. The topological polar surface area (TPSA) is 62.5 Å². The molecule has 19 heavy (non-hydrogen) atoms. The number of halogens is 1. The molecule has 0 fully saturated rings. The van der Waals surface area contributed by atoms with E-state index in [1.54, 1.807) is 6.07 Å². The van der Waals surface area contributed by atoms with E-state index >= 15 is 0 Å². The Bertz CT molecular complexity index is 562. The molecule has 4 nitrogen and oxygen atoms in total. The van der Waals surface area contributed by atoms with Crippen molar-refractivity contribution >= 4 is 17.6 Å². The van der Waals surface area contributed by atoms with Crippen LogP contribution in [-0.4, -0.2) is 11.1 Å². The lowest BCUT2D eigenvalue weighted by atomic mass is 10.1. The zero-order valence-electron chi connectivity index (χ0n) is 10.4. The van der Waals surface area contributed by atoms with Crippen molar-refractivity contribution < 1.29 is 14.3 Å². The highest BCUT2D eigenvalue weighted by molar-refractivity contribution is 6.30. The van der Waals surface area contributed by atoms with E-state index in [1.165, 1.54) is 6.07 Å². The van der Waals surface area contributed by atoms with Gasteiger partial charge in [-0.25, -0.2) is 4.79 Å². The van der Waals surface area contributed by atoms with Crippen LogP contribution in [-0.2, 0) is 6.54 Å². The van der Waals surface area contributed by atoms with Crippen LogP contribution in [0.25, 0.3) is 0 Å². The zero-order valence-corrected chi connectivity index (χ0v) is 11.1. The summed E-state index contributed by atoms with van der Waals surface area (Å²) in [6.07, 6.45) is 0. The molecular formula is C14H14ClNO3. The van der Waals surface area contributed by atoms with Crippen LogP contribution < -0.4 is 5.32 Å². The maximum atomic E-state index is 10.7. The van der Waals surface area contributed by atoms with Crippen molar-refractivity contribution in [1.82, 2.24) is 5.32 Å². The molecule has 1 atom stereocenters. The second kappa shape index (κ2) is 5.91. The smallest absolute Gasteiger partial charge is 0.371 e. The minimum absolute atomic E-state index is 0.0454. The van der Waals surface area contributed by atoms with Gasteiger partial charge < -0.3 is 14.8 Å². The van der Waals surface area contributed by atoms with Gasteiger partial charge >= 0.3 is 5.97 Å². The molecule has 1 aromatic heterocycles. The van der Waals surface area contributed by atoms with Gasteiger partial charge in [-0.3, -0.25) is 0 Å². The van der Waals surface area contributed by atoms with E-state index in [-0.39, 0.29) is 11.8 Å². The number of carboxylic acids is 1. The van der Waals surface area contributed by atoms with E-state index in [0.717, 1.165) is 5.56 Å². The number of benzene rings is 1. The van der Waals surface area contributed by atoms with E-state index in [4.69, 9.17) is 21.1 Å². The summed E-state index contributed by atoms with van der Waals surface area (Å²) in [6, 6.07) is 10.8. The molecule has 0 saturated heterocycles. The predicted molar refractivity (Wildman–Crippen MR) is 72.4 cm³/mol. The van der Waals surface area contributed by atoms with E-state index in [0.29, 0.717) is 17.3 Å². The molecule has 0 aliphatic heterocycles. The van der Waals surface area contributed by atoms with Gasteiger partial charge in [0, 0.05) is 11.1 Å². The molecule has 1 heterocycles. The van der Waals surface area contributed by atoms with Gasteiger partial charge in [0.05, 0.1) is 6.54 Å². The third kappa shape index (κ3) is 3.59. The fourth-order valence-electron chi connectivity index (χ4n) is 1.71. The molecule has 2 aromatic rings. The molecule has 2 rings (SSSR count). The van der Waals surface area contributed by atoms with E-state index in [1.807, 2.05) is 31.2 Å². The first-order valence-corrected chi connectivity index (χ1v) is 6.25. The SMILES string of the molecule is C[C@H](NCc1ccc(C(=O)O)o1)c1ccc(Cl)cc1. The highest BCUT2D eigenvalue weighted by Gasteiger charge is 2.10. The van der Waals surface area contributed by atoms with Gasteiger partial charge in [0.2, 0.25) is 5.76 Å². The normalized spacial score (nSPS) is 12.3. The summed E-state index contributed by atoms with van der Waals surface area (Å²) in [5.74, 6) is -0.508. The van der Waals surface area contributed by atoms with Crippen molar-refractivity contribution in [2.45, 2.75) is 19.5 Å². The average Bonchev–Trinajstić information content (AvgIpc) is 2.86. The lowest BCUT2D eigenvalue weighted by Crippen LogP contribution is -2.17. The van der Waals surface area contributed by atoms with Gasteiger partial charge in [-0.1, -0.05) is 23.7 Å². The third-order valence-corrected chi connectivity index (χ3v) is 3.08. The van der Waals surface area contributed by atoms with E-state index in [9.17, 15) is 4.79 Å². The minimum atomic E-state index is -1.06. The Labute approximate surface area is 116 Å². The Morgan fingerprint density at radius 2 is 2.00 bits per heavy atom. The molecular weight excluding hydrogens is 266 g/mol. The maximum absolute atomic E-state index is 10.7. The molecule has 0 bridgehead atoms. The largest absolute Gasteiger partial charge is 0.475 e. The fourth-order valence-corrected chi connectivity index (χ4v) is 1.84. The summed E-state index contributed by atoms with van der Waals surface area (Å²) < 4.78 is 5.17. The van der Waals surface area contributed by atoms with Crippen LogP contribution >= 0.6 is 11.6 Å². The Balaban J connectivity index is 1.94. The number of hydrogen-bond donors (Lipinski definition) is 2. The third-order valence-electron chi connectivity index (χ3n) is 2.82. The summed E-state index contributed by atoms with van der Waals surface area (Å²) >= 11 is 5.83. The van der Waals surface area contributed by atoms with Crippen molar-refractivity contribution in [3.63, 3.8) is 0 Å². The molecule has 2 N–H and O–H groups in total. The number of carboxylic acid groups (broad SMARTS) is 1. The molecule has 0 aliphatic rings. The highest BCUT2D eigenvalue weighted by Crippen LogP contribution is 2.17. The summed E-state index contributed by atoms with van der Waals surface area (Å²) in [4.78, 5) is 10.7. The second-order valence-electron chi connectivity index (χ2n) is 4.23. The molecule has 100 valence electrons. The predicted octanol–water partition coefficient (Wildman–Crippen LogP) is 3.48. The first-order valence-electron chi connectivity index (χ1n) is 5.87. The lowest BCUT2D eigenvalue weighted by molar-refractivity contribution is 0.0660. The standard InChI is InChI=1S/C14H14ClNO3/c1-9(10-2-4-11(15)5-3-10)16-8-12-6-7-13(19-12)14(17)18/h2-7,9,16H,8H2,1H3,(H,17,18)/t9-/m0/s1. The summed E-state index contributed by atoms with van der Waals surface area (Å²) in [5, 5.41) is 12.7. The first-order chi connectivity index (χ1) is 9.06. The van der Waals surface area contributed by atoms with Crippen LogP contribution in [0.5, 0.6) is 0 Å². The molecule has 5 heteroatoms. The monoisotopic (exact) mass is 279 g/mol. The van der Waals surface area contributed by atoms with Crippen molar-refractivity contribution in [3.8, 4) is 0 Å². The van der Waals surface area contributed by atoms with Crippen LogP contribution in [0.15, 0.2) is 40.8 Å². The lowest BCUT2D eigenvalue weighted by Gasteiger charge is -2.13. The van der Waals surface area contributed by atoms with Crippen LogP contribution in [0, 0.1) is 0 Å². The molecule has 0 radical (unpaired) electrons. The molecule has 1 aromatic carbocycles. The molecule has 0 saturated carbocycles. The van der Waals surface area contributed by atoms with Crippen molar-refractivity contribution in [3.05, 3.63) is 58.5 Å². The van der Waals surface area contributed by atoms with Gasteiger partial charge in [-0.15, -0.1) is 0 Å². The number of nitrogens with one attached hydrogen (secondary N) is 1. The van der Waals surface area contributed by atoms with Crippen molar-refractivity contribution in [2.75, 3.05) is 0 Å². The number of aromatic carboxylic acids is 1. The van der Waals surface area contributed by atoms with Gasteiger partial charge in [0.25, 0.3) is 0 Å². The van der Waals surface area contributed by atoms with Gasteiger partial charge in [0.1, 0.15) is 5.76 Å². The van der Waals surface area contributed by atoms with E-state index in [2.05, 4.69) is 5.32 Å². The van der Waals surface area contributed by atoms with Crippen LogP contribution in [0.1, 0.15) is 34.8 Å². The van der Waals surface area contributed by atoms with Crippen LogP contribution in [0.4, 0.5) is 0 Å². The number of rotatable bonds is 5. The molecule has 0 aliphatic carbocycles. The van der Waals surface area contributed by atoms with Gasteiger partial charge in [-0.05, 0) is 36.8 Å². The second-order valence-corrected chi connectivity index (χ2v) is 4.66. The molecule has 0 amide bonds. The minimum Gasteiger partial charge on any atom is -0.475 e. The Kier molecular flexibility index (Phi) is 4.24. The summed E-state index contributed by atoms with van der Waals surface area (Å²) in [7, 11) is 0. The van der Waals surface area contributed by atoms with Gasteiger partial charge in [-0.2, -0.15) is 0 Å². The first kappa shape index (κ1) is 13.6. The Hall–Kier alpha value is -1.78. The molecule has 0 unspecified atom stereocenters. The van der Waals surface area contributed by atoms with Crippen molar-refractivity contribution in [2.24, 2.45) is 0 Å². The number of carbonyl (C=O) groups is 1. The van der Waals surface area contributed by atoms with Crippen LogP contribution in [0.2, 0.25) is 5.02 Å².